The predicted molar refractivity (Wildman–Crippen MR) is 114 cm³/mol. The van der Waals surface area contributed by atoms with E-state index in [1.54, 1.807) is 22.8 Å². The number of rotatable bonds is 4. The van der Waals surface area contributed by atoms with Gasteiger partial charge in [-0.25, -0.2) is 0 Å². The first kappa shape index (κ1) is 19.4. The molecule has 0 radical (unpaired) electrons. The van der Waals surface area contributed by atoms with E-state index in [0.717, 1.165) is 16.0 Å². The van der Waals surface area contributed by atoms with Crippen LogP contribution in [0.5, 0.6) is 0 Å². The largest absolute Gasteiger partial charge is 0.305 e. The normalized spacial score (nSPS) is 11.6. The molecule has 0 unspecified atom stereocenters. The van der Waals surface area contributed by atoms with Gasteiger partial charge in [0.25, 0.3) is 17.3 Å². The summed E-state index contributed by atoms with van der Waals surface area (Å²) in [7, 11) is 0. The minimum atomic E-state index is -0.523. The van der Waals surface area contributed by atoms with Gasteiger partial charge >= 0.3 is 0 Å². The number of terminal acetylenes is 1. The van der Waals surface area contributed by atoms with Gasteiger partial charge in [0.1, 0.15) is 0 Å². The molecule has 2 heterocycles. The maximum atomic E-state index is 12.8. The van der Waals surface area contributed by atoms with Crippen LogP contribution in [0.15, 0.2) is 47.5 Å². The topological polar surface area (TPSA) is 121 Å². The molecule has 9 nitrogen and oxygen atoms in total. The van der Waals surface area contributed by atoms with Crippen molar-refractivity contribution in [2.75, 3.05) is 0 Å². The number of thiazole rings is 1. The first-order valence-electron chi connectivity index (χ1n) is 8.35. The second-order valence-corrected chi connectivity index (χ2v) is 8.18. The second kappa shape index (κ2) is 7.51. The van der Waals surface area contributed by atoms with Crippen molar-refractivity contribution in [3.63, 3.8) is 0 Å². The predicted octanol–water partition coefficient (Wildman–Crippen LogP) is 4.11. The van der Waals surface area contributed by atoms with E-state index in [1.807, 2.05) is 0 Å². The van der Waals surface area contributed by atoms with Crippen LogP contribution in [0.2, 0.25) is 0 Å². The zero-order chi connectivity index (χ0) is 21.4. The van der Waals surface area contributed by atoms with Crippen LogP contribution >= 0.6 is 22.7 Å². The lowest BCUT2D eigenvalue weighted by molar-refractivity contribution is -0.384. The average Bonchev–Trinajstić information content (AvgIpc) is 3.28. The van der Waals surface area contributed by atoms with Crippen molar-refractivity contribution in [2.45, 2.75) is 6.54 Å². The molecule has 4 aromatic rings. The van der Waals surface area contributed by atoms with Crippen LogP contribution in [-0.2, 0) is 6.54 Å². The van der Waals surface area contributed by atoms with E-state index in [9.17, 15) is 25.0 Å². The Bertz CT molecular complexity index is 1470. The lowest BCUT2D eigenvalue weighted by atomic mass is 10.2. The fourth-order valence-corrected chi connectivity index (χ4v) is 4.88. The molecule has 0 bridgehead atoms. The number of fused-ring (bicyclic) bond motifs is 2. The van der Waals surface area contributed by atoms with E-state index in [0.29, 0.717) is 25.3 Å². The number of hydrogen-bond donors (Lipinski definition) is 0. The summed E-state index contributed by atoms with van der Waals surface area (Å²) in [6, 6.07) is 10.3. The molecule has 30 heavy (non-hydrogen) atoms. The van der Waals surface area contributed by atoms with Crippen molar-refractivity contribution in [3.8, 4) is 12.3 Å². The molecule has 0 atom stereocenters. The Morgan fingerprint density at radius 1 is 1.03 bits per heavy atom. The number of hydrogen-bond acceptors (Lipinski definition) is 7. The van der Waals surface area contributed by atoms with Crippen molar-refractivity contribution in [3.05, 3.63) is 72.4 Å². The molecule has 0 fully saturated rings. The first-order chi connectivity index (χ1) is 14.4. The van der Waals surface area contributed by atoms with Crippen molar-refractivity contribution < 1.29 is 14.6 Å². The van der Waals surface area contributed by atoms with Crippen molar-refractivity contribution in [1.82, 2.24) is 4.57 Å². The standard InChI is InChI=1S/C19H10N4O5S2/c1-2-7-21-14-5-3-13(23(27)28)10-16(14)30-19(21)20-18(24)17-9-11-8-12(22(25)26)4-6-15(11)29-17/h1,3-6,8-10H,7H2. The Kier molecular flexibility index (Phi) is 4.86. The van der Waals surface area contributed by atoms with Gasteiger partial charge in [0.2, 0.25) is 0 Å². The number of carbonyl (C=O) groups excluding carboxylic acids is 1. The van der Waals surface area contributed by atoms with Gasteiger partial charge in [-0.3, -0.25) is 25.0 Å². The maximum Gasteiger partial charge on any atom is 0.289 e. The highest BCUT2D eigenvalue weighted by molar-refractivity contribution is 7.21. The fraction of sp³-hybridized carbons (Fsp3) is 0.0526. The van der Waals surface area contributed by atoms with E-state index in [4.69, 9.17) is 6.42 Å². The van der Waals surface area contributed by atoms with Crippen LogP contribution in [0.4, 0.5) is 11.4 Å². The number of non-ortho nitro benzene ring substituents is 2. The van der Waals surface area contributed by atoms with Gasteiger partial charge in [-0.2, -0.15) is 4.99 Å². The van der Waals surface area contributed by atoms with Gasteiger partial charge in [0.15, 0.2) is 4.80 Å². The first-order valence-corrected chi connectivity index (χ1v) is 9.99. The summed E-state index contributed by atoms with van der Waals surface area (Å²) < 4.78 is 2.94. The number of nitro benzene ring substituents is 2. The SMILES string of the molecule is C#CCn1c(=NC(=O)c2cc3cc([N+](=O)[O-])ccc3s2)sc2cc([N+](=O)[O-])ccc21. The summed E-state index contributed by atoms with van der Waals surface area (Å²) in [4.78, 5) is 38.5. The lowest BCUT2D eigenvalue weighted by Gasteiger charge is -1.99. The highest BCUT2D eigenvalue weighted by Gasteiger charge is 2.15. The molecule has 0 saturated carbocycles. The third-order valence-corrected chi connectivity index (χ3v) is 6.39. The summed E-state index contributed by atoms with van der Waals surface area (Å²) in [6.07, 6.45) is 5.44. The molecule has 0 aliphatic rings. The zero-order valence-electron chi connectivity index (χ0n) is 15.0. The van der Waals surface area contributed by atoms with Crippen LogP contribution in [0, 0.1) is 32.6 Å². The number of carbonyl (C=O) groups is 1. The molecular weight excluding hydrogens is 428 g/mol. The molecule has 0 aliphatic carbocycles. The molecule has 2 aromatic heterocycles. The van der Waals surface area contributed by atoms with Crippen LogP contribution in [0.3, 0.4) is 0 Å². The summed E-state index contributed by atoms with van der Waals surface area (Å²) in [5, 5.41) is 22.5. The summed E-state index contributed by atoms with van der Waals surface area (Å²) in [5.41, 5.74) is 0.511. The fourth-order valence-electron chi connectivity index (χ4n) is 2.90. The minimum absolute atomic E-state index is 0.0609. The minimum Gasteiger partial charge on any atom is -0.305 e. The van der Waals surface area contributed by atoms with E-state index in [-0.39, 0.29) is 17.9 Å². The summed E-state index contributed by atoms with van der Waals surface area (Å²) in [5.74, 6) is 1.97. The monoisotopic (exact) mass is 438 g/mol. The Morgan fingerprint density at radius 2 is 1.73 bits per heavy atom. The van der Waals surface area contributed by atoms with E-state index in [2.05, 4.69) is 10.9 Å². The maximum absolute atomic E-state index is 12.8. The van der Waals surface area contributed by atoms with Crippen molar-refractivity contribution in [2.24, 2.45) is 4.99 Å². The summed E-state index contributed by atoms with van der Waals surface area (Å²) >= 11 is 2.30. The van der Waals surface area contributed by atoms with E-state index < -0.39 is 15.8 Å². The van der Waals surface area contributed by atoms with Gasteiger partial charge < -0.3 is 4.57 Å². The molecule has 0 spiro atoms. The number of aromatic nitrogens is 1. The van der Waals surface area contributed by atoms with Gasteiger partial charge in [0, 0.05) is 34.4 Å². The van der Waals surface area contributed by atoms with Crippen molar-refractivity contribution in [1.29, 1.82) is 0 Å². The molecule has 148 valence electrons. The van der Waals surface area contributed by atoms with E-state index >= 15 is 0 Å². The molecule has 0 N–H and O–H groups in total. The quantitative estimate of drug-likeness (QED) is 0.270. The molecule has 1 amide bonds. The van der Waals surface area contributed by atoms with Gasteiger partial charge in [-0.15, -0.1) is 17.8 Å². The van der Waals surface area contributed by atoms with Crippen LogP contribution in [-0.4, -0.2) is 20.3 Å². The van der Waals surface area contributed by atoms with Crippen molar-refractivity contribution >= 4 is 60.3 Å². The molecular formula is C19H10N4O5S2. The van der Waals surface area contributed by atoms with E-state index in [1.165, 1.54) is 35.6 Å². The Labute approximate surface area is 175 Å². The molecule has 0 aliphatic heterocycles. The number of thiophene rings is 1. The molecule has 0 saturated heterocycles. The van der Waals surface area contributed by atoms with Gasteiger partial charge in [0.05, 0.1) is 31.5 Å². The molecule has 2 aromatic carbocycles. The second-order valence-electron chi connectivity index (χ2n) is 6.09. The number of nitro groups is 2. The summed E-state index contributed by atoms with van der Waals surface area (Å²) in [6.45, 7) is 0.141. The van der Waals surface area contributed by atoms with Crippen LogP contribution in [0.1, 0.15) is 9.67 Å². The zero-order valence-corrected chi connectivity index (χ0v) is 16.6. The molecule has 11 heteroatoms. The third-order valence-electron chi connectivity index (χ3n) is 4.25. The Morgan fingerprint density at radius 3 is 2.43 bits per heavy atom. The number of amides is 1. The van der Waals surface area contributed by atoms with Crippen LogP contribution in [0.25, 0.3) is 20.3 Å². The third kappa shape index (κ3) is 3.45. The molecule has 4 rings (SSSR count). The Hall–Kier alpha value is -3.88. The highest BCUT2D eigenvalue weighted by atomic mass is 32.1. The van der Waals surface area contributed by atoms with Gasteiger partial charge in [-0.05, 0) is 18.2 Å². The smallest absolute Gasteiger partial charge is 0.289 e. The lowest BCUT2D eigenvalue weighted by Crippen LogP contribution is -2.16. The highest BCUT2D eigenvalue weighted by Crippen LogP contribution is 2.29. The van der Waals surface area contributed by atoms with Crippen LogP contribution < -0.4 is 4.80 Å². The van der Waals surface area contributed by atoms with Gasteiger partial charge in [-0.1, -0.05) is 17.3 Å². The average molecular weight is 438 g/mol. The Balaban J connectivity index is 1.81. The number of benzene rings is 2. The number of nitrogens with zero attached hydrogens (tertiary/aromatic N) is 4.